The fraction of sp³-hybridized carbons (Fsp3) is 0.429. The number of alkyl halides is 2. The minimum atomic E-state index is -2.43. The Labute approximate surface area is 194 Å². The molecule has 0 aliphatic carbocycles. The molecular weight excluding hydrogens is 457 g/mol. The molecule has 4 amide bonds. The second-order valence-corrected chi connectivity index (χ2v) is 8.13. The largest absolute Gasteiger partial charge is 0.496 e. The monoisotopic (exact) mass is 483 g/mol. The summed E-state index contributed by atoms with van der Waals surface area (Å²) in [5, 5.41) is 3.89. The maximum atomic E-state index is 13.3. The van der Waals surface area contributed by atoms with Gasteiger partial charge >= 0.3 is 0 Å². The predicted octanol–water partition coefficient (Wildman–Crippen LogP) is 1.59. The predicted molar refractivity (Wildman–Crippen MR) is 120 cm³/mol. The molecule has 1 aromatic carbocycles. The third-order valence-corrected chi connectivity index (χ3v) is 4.88. The number of amides is 4. The molecule has 2 aromatic rings. The lowest BCUT2D eigenvalue weighted by Gasteiger charge is -2.27. The lowest BCUT2D eigenvalue weighted by atomic mass is 10.0. The Morgan fingerprint density at radius 1 is 1.27 bits per heavy atom. The number of aromatic nitrogens is 1. The summed E-state index contributed by atoms with van der Waals surface area (Å²) in [4.78, 5) is 51.7. The second kappa shape index (κ2) is 11.5. The number of nitrogens with one attached hydrogen (secondary N) is 3. The molecule has 5 N–H and O–H groups in total. The highest BCUT2D eigenvalue weighted by Crippen LogP contribution is 2.26. The van der Waals surface area contributed by atoms with E-state index in [9.17, 15) is 23.6 Å². The quantitative estimate of drug-likeness (QED) is 0.299. The highest BCUT2D eigenvalue weighted by molar-refractivity contribution is 6.29. The van der Waals surface area contributed by atoms with Gasteiger partial charge in [-0.25, -0.2) is 9.40 Å². The Morgan fingerprint density at radius 3 is 2.55 bits per heavy atom. The zero-order chi connectivity index (χ0) is 24.7. The van der Waals surface area contributed by atoms with Crippen LogP contribution in [0.2, 0.25) is 0 Å². The number of nitrogens with two attached hydrogens (primary N) is 1. The molecule has 180 valence electrons. The van der Waals surface area contributed by atoms with Gasteiger partial charge in [0.05, 0.1) is 13.7 Å². The number of carbonyl (C=O) groups is 4. The van der Waals surface area contributed by atoms with Crippen LogP contribution >= 0.6 is 11.6 Å². The number of nitrogens with zero attached hydrogens (tertiary/aromatic N) is 1. The average molecular weight is 484 g/mol. The number of carbonyl (C=O) groups excluding carboxylic acids is 4. The van der Waals surface area contributed by atoms with E-state index in [1.54, 1.807) is 24.3 Å². The van der Waals surface area contributed by atoms with Crippen molar-refractivity contribution in [2.45, 2.75) is 38.4 Å². The Morgan fingerprint density at radius 2 is 1.97 bits per heavy atom. The number of hydrogen-bond acceptors (Lipinski definition) is 5. The van der Waals surface area contributed by atoms with Gasteiger partial charge in [0.15, 0.2) is 0 Å². The van der Waals surface area contributed by atoms with Crippen molar-refractivity contribution in [3.05, 3.63) is 30.0 Å². The third kappa shape index (κ3) is 7.07. The number of halogens is 2. The molecule has 2 atom stereocenters. The van der Waals surface area contributed by atoms with Crippen molar-refractivity contribution in [3.8, 4) is 5.75 Å². The first-order chi connectivity index (χ1) is 15.5. The van der Waals surface area contributed by atoms with Crippen LogP contribution in [0.5, 0.6) is 5.75 Å². The molecule has 0 aliphatic heterocycles. The molecule has 12 heteroatoms. The van der Waals surface area contributed by atoms with Crippen LogP contribution in [0, 0.1) is 5.92 Å². The van der Waals surface area contributed by atoms with E-state index >= 15 is 0 Å². The van der Waals surface area contributed by atoms with Gasteiger partial charge in [-0.1, -0.05) is 31.5 Å². The zero-order valence-electron chi connectivity index (χ0n) is 18.5. The van der Waals surface area contributed by atoms with Gasteiger partial charge in [0.1, 0.15) is 17.5 Å². The number of hydrazine groups is 1. The molecule has 0 aliphatic rings. The van der Waals surface area contributed by atoms with E-state index in [-0.39, 0.29) is 31.0 Å². The minimum Gasteiger partial charge on any atom is -0.496 e. The van der Waals surface area contributed by atoms with Crippen LogP contribution in [0.1, 0.15) is 37.2 Å². The molecule has 0 bridgehead atoms. The number of hydrogen-bond donors (Lipinski definition) is 4. The Balaban J connectivity index is 2.21. The van der Waals surface area contributed by atoms with Crippen molar-refractivity contribution in [1.29, 1.82) is 0 Å². The zero-order valence-corrected chi connectivity index (χ0v) is 19.2. The van der Waals surface area contributed by atoms with Crippen LogP contribution < -0.4 is 21.2 Å². The highest BCUT2D eigenvalue weighted by atomic mass is 35.5. The average Bonchev–Trinajstić information content (AvgIpc) is 3.19. The van der Waals surface area contributed by atoms with E-state index in [0.717, 1.165) is 0 Å². The summed E-state index contributed by atoms with van der Waals surface area (Å²) in [5.74, 6) is -2.80. The molecule has 0 spiro atoms. The minimum absolute atomic E-state index is 0.0134. The molecule has 2 rings (SSSR count). The standard InChI is InChI=1S/C21H27ClFN5O5/c1-11(2)9-14(20(31)27-28(8-7-17(24)29)21(32)18(22)23)26-19(30)15-10-12-13(25-15)5-4-6-16(12)33-3/h4-6,10-11,14,18,25H,7-9H2,1-3H3,(H2,24,29)(H,26,30)(H,27,31). The lowest BCUT2D eigenvalue weighted by molar-refractivity contribution is -0.144. The van der Waals surface area contributed by atoms with Gasteiger partial charge in [0.25, 0.3) is 23.4 Å². The van der Waals surface area contributed by atoms with Crippen molar-refractivity contribution in [3.63, 3.8) is 0 Å². The van der Waals surface area contributed by atoms with Crippen LogP contribution in [0.3, 0.4) is 0 Å². The number of benzene rings is 1. The number of fused-ring (bicyclic) bond motifs is 1. The summed E-state index contributed by atoms with van der Waals surface area (Å²) >= 11 is 5.20. The van der Waals surface area contributed by atoms with E-state index in [1.807, 2.05) is 13.8 Å². The molecular formula is C21H27ClFN5O5. The summed E-state index contributed by atoms with van der Waals surface area (Å²) < 4.78 is 18.6. The fourth-order valence-electron chi connectivity index (χ4n) is 3.14. The van der Waals surface area contributed by atoms with E-state index in [4.69, 9.17) is 22.1 Å². The Kier molecular flexibility index (Phi) is 9.03. The molecule has 0 saturated carbocycles. The first kappa shape index (κ1) is 25.9. The molecule has 33 heavy (non-hydrogen) atoms. The Hall–Kier alpha value is -3.34. The molecule has 0 radical (unpaired) electrons. The summed E-state index contributed by atoms with van der Waals surface area (Å²) in [6.07, 6.45) is -0.105. The summed E-state index contributed by atoms with van der Waals surface area (Å²) in [5.41, 5.74) is 5.73. The molecule has 0 fully saturated rings. The van der Waals surface area contributed by atoms with Crippen LogP contribution in [0.25, 0.3) is 10.9 Å². The number of primary amides is 1. The van der Waals surface area contributed by atoms with Crippen molar-refractivity contribution < 1.29 is 28.3 Å². The maximum Gasteiger partial charge on any atom is 0.291 e. The van der Waals surface area contributed by atoms with Crippen molar-refractivity contribution in [2.24, 2.45) is 11.7 Å². The summed E-state index contributed by atoms with van der Waals surface area (Å²) in [6.45, 7) is 3.30. The van der Waals surface area contributed by atoms with Crippen LogP contribution in [0.4, 0.5) is 4.39 Å². The van der Waals surface area contributed by atoms with Gasteiger partial charge in [-0.15, -0.1) is 0 Å². The Bertz CT molecular complexity index is 1030. The summed E-state index contributed by atoms with van der Waals surface area (Å²) in [6, 6.07) is 5.82. The molecule has 0 saturated heterocycles. The van der Waals surface area contributed by atoms with Crippen molar-refractivity contribution in [1.82, 2.24) is 20.7 Å². The first-order valence-corrected chi connectivity index (χ1v) is 10.6. The van der Waals surface area contributed by atoms with Crippen LogP contribution in [-0.4, -0.2) is 58.9 Å². The number of rotatable bonds is 10. The van der Waals surface area contributed by atoms with Crippen molar-refractivity contribution in [2.75, 3.05) is 13.7 Å². The van der Waals surface area contributed by atoms with Crippen LogP contribution in [-0.2, 0) is 14.4 Å². The first-order valence-electron chi connectivity index (χ1n) is 10.2. The van der Waals surface area contributed by atoms with E-state index in [0.29, 0.717) is 21.7 Å². The van der Waals surface area contributed by atoms with E-state index in [1.165, 1.54) is 7.11 Å². The van der Waals surface area contributed by atoms with Crippen molar-refractivity contribution >= 4 is 46.1 Å². The third-order valence-electron chi connectivity index (χ3n) is 4.70. The summed E-state index contributed by atoms with van der Waals surface area (Å²) in [7, 11) is 1.51. The normalized spacial score (nSPS) is 12.8. The topological polar surface area (TPSA) is 147 Å². The molecule has 1 heterocycles. The molecule has 1 aromatic heterocycles. The van der Waals surface area contributed by atoms with E-state index in [2.05, 4.69) is 15.7 Å². The van der Waals surface area contributed by atoms with Gasteiger partial charge in [-0.3, -0.25) is 24.6 Å². The lowest BCUT2D eigenvalue weighted by Crippen LogP contribution is -2.56. The fourth-order valence-corrected chi connectivity index (χ4v) is 3.26. The maximum absolute atomic E-state index is 13.3. The van der Waals surface area contributed by atoms with Gasteiger partial charge in [0.2, 0.25) is 5.91 Å². The molecule has 10 nitrogen and oxygen atoms in total. The van der Waals surface area contributed by atoms with Gasteiger partial charge in [-0.05, 0) is 30.5 Å². The second-order valence-electron chi connectivity index (χ2n) is 7.74. The number of H-pyrrole nitrogens is 1. The SMILES string of the molecule is COc1cccc2[nH]c(C(=O)NC(CC(C)C)C(=O)NN(CCC(N)=O)C(=O)C(F)Cl)cc12. The highest BCUT2D eigenvalue weighted by Gasteiger charge is 2.29. The van der Waals surface area contributed by atoms with Crippen LogP contribution in [0.15, 0.2) is 24.3 Å². The number of ether oxygens (including phenoxy) is 1. The van der Waals surface area contributed by atoms with Gasteiger partial charge < -0.3 is 20.8 Å². The van der Waals surface area contributed by atoms with Gasteiger partial charge in [0, 0.05) is 17.3 Å². The van der Waals surface area contributed by atoms with Gasteiger partial charge in [-0.2, -0.15) is 0 Å². The van der Waals surface area contributed by atoms with E-state index < -0.39 is 35.3 Å². The number of methoxy groups -OCH3 is 1. The number of aromatic amines is 1. The smallest absolute Gasteiger partial charge is 0.291 e. The molecule has 2 unspecified atom stereocenters.